The van der Waals surface area contributed by atoms with Gasteiger partial charge in [0.25, 0.3) is 5.91 Å². The van der Waals surface area contributed by atoms with Crippen LogP contribution in [0, 0.1) is 0 Å². The molecule has 1 saturated heterocycles. The average molecular weight is 456 g/mol. The minimum atomic E-state index is -0.239. The second-order valence-electron chi connectivity index (χ2n) is 5.54. The Morgan fingerprint density at radius 3 is 2.43 bits per heavy atom. The van der Waals surface area contributed by atoms with Crippen LogP contribution in [-0.2, 0) is 4.79 Å². The van der Waals surface area contributed by atoms with Gasteiger partial charge in [0.05, 0.1) is 22.1 Å². The lowest BCUT2D eigenvalue weighted by Gasteiger charge is -2.12. The molecule has 0 unspecified atom stereocenters. The van der Waals surface area contributed by atoms with E-state index in [1.165, 1.54) is 11.8 Å². The fourth-order valence-corrected chi connectivity index (χ4v) is 4.02. The molecule has 2 aromatic rings. The second-order valence-corrected chi connectivity index (χ2v) is 8.08. The quantitative estimate of drug-likeness (QED) is 0.362. The van der Waals surface area contributed by atoms with E-state index in [4.69, 9.17) is 49.6 Å². The molecular formula is C19H15Cl2NO4S2. The summed E-state index contributed by atoms with van der Waals surface area (Å²) in [5.74, 6) is 1.51. The third kappa shape index (κ3) is 5.32. The summed E-state index contributed by atoms with van der Waals surface area (Å²) in [6.07, 6.45) is 1.67. The summed E-state index contributed by atoms with van der Waals surface area (Å²) in [6, 6.07) is 10.6. The van der Waals surface area contributed by atoms with Crippen molar-refractivity contribution in [3.63, 3.8) is 0 Å². The SMILES string of the molecule is COc1cccc(OCCOc2c(Cl)cc(/C=C3\SC(=S)NC3=O)cc2Cl)c1. The van der Waals surface area contributed by atoms with Gasteiger partial charge in [-0.05, 0) is 35.9 Å². The van der Waals surface area contributed by atoms with Gasteiger partial charge in [-0.1, -0.05) is 53.2 Å². The first kappa shape index (κ1) is 20.8. The van der Waals surface area contributed by atoms with Crippen LogP contribution in [0.15, 0.2) is 41.3 Å². The van der Waals surface area contributed by atoms with E-state index in [0.717, 1.165) is 0 Å². The molecule has 0 radical (unpaired) electrons. The summed E-state index contributed by atoms with van der Waals surface area (Å²) >= 11 is 18.7. The molecule has 0 aliphatic carbocycles. The maximum absolute atomic E-state index is 11.8. The highest BCUT2D eigenvalue weighted by Gasteiger charge is 2.22. The molecule has 5 nitrogen and oxygen atoms in total. The molecule has 28 heavy (non-hydrogen) atoms. The van der Waals surface area contributed by atoms with E-state index in [-0.39, 0.29) is 12.5 Å². The van der Waals surface area contributed by atoms with Crippen molar-refractivity contribution in [2.75, 3.05) is 20.3 Å². The first-order valence-electron chi connectivity index (χ1n) is 8.10. The highest BCUT2D eigenvalue weighted by Crippen LogP contribution is 2.36. The maximum Gasteiger partial charge on any atom is 0.263 e. The van der Waals surface area contributed by atoms with Crippen molar-refractivity contribution < 1.29 is 19.0 Å². The van der Waals surface area contributed by atoms with Crippen molar-refractivity contribution in [3.8, 4) is 17.2 Å². The summed E-state index contributed by atoms with van der Waals surface area (Å²) < 4.78 is 16.9. The molecule has 0 aromatic heterocycles. The van der Waals surface area contributed by atoms with Gasteiger partial charge in [0, 0.05) is 6.07 Å². The number of amides is 1. The number of carbonyl (C=O) groups excluding carboxylic acids is 1. The van der Waals surface area contributed by atoms with Crippen LogP contribution >= 0.6 is 47.2 Å². The van der Waals surface area contributed by atoms with Crippen LogP contribution in [0.1, 0.15) is 5.56 Å². The smallest absolute Gasteiger partial charge is 0.263 e. The first-order chi connectivity index (χ1) is 13.5. The van der Waals surface area contributed by atoms with E-state index in [1.54, 1.807) is 31.4 Å². The van der Waals surface area contributed by atoms with Crippen LogP contribution in [0.4, 0.5) is 0 Å². The van der Waals surface area contributed by atoms with Gasteiger partial charge < -0.3 is 19.5 Å². The van der Waals surface area contributed by atoms with Gasteiger partial charge in [-0.25, -0.2) is 0 Å². The van der Waals surface area contributed by atoms with Crippen LogP contribution in [0.5, 0.6) is 17.2 Å². The molecule has 9 heteroatoms. The molecule has 1 amide bonds. The maximum atomic E-state index is 11.8. The Morgan fingerprint density at radius 1 is 1.11 bits per heavy atom. The van der Waals surface area contributed by atoms with Gasteiger partial charge in [-0.2, -0.15) is 0 Å². The number of benzene rings is 2. The molecule has 0 atom stereocenters. The van der Waals surface area contributed by atoms with Crippen LogP contribution in [-0.4, -0.2) is 30.6 Å². The number of halogens is 2. The van der Waals surface area contributed by atoms with E-state index in [0.29, 0.717) is 48.7 Å². The third-order valence-corrected chi connectivity index (χ3v) is 5.32. The molecule has 1 heterocycles. The largest absolute Gasteiger partial charge is 0.497 e. The van der Waals surface area contributed by atoms with Crippen molar-refractivity contribution in [1.29, 1.82) is 0 Å². The molecule has 1 fully saturated rings. The van der Waals surface area contributed by atoms with Crippen LogP contribution in [0.25, 0.3) is 6.08 Å². The van der Waals surface area contributed by atoms with Crippen molar-refractivity contribution in [1.82, 2.24) is 5.32 Å². The van der Waals surface area contributed by atoms with E-state index in [9.17, 15) is 4.79 Å². The number of thioether (sulfide) groups is 1. The average Bonchev–Trinajstić information content (AvgIpc) is 2.97. The second kappa shape index (κ2) is 9.52. The number of rotatable bonds is 7. The predicted molar refractivity (Wildman–Crippen MR) is 117 cm³/mol. The number of hydrogen-bond donors (Lipinski definition) is 1. The van der Waals surface area contributed by atoms with Crippen molar-refractivity contribution in [2.45, 2.75) is 0 Å². The highest BCUT2D eigenvalue weighted by molar-refractivity contribution is 8.26. The number of thiocarbonyl (C=S) groups is 1. The summed E-state index contributed by atoms with van der Waals surface area (Å²) in [6.45, 7) is 0.559. The molecule has 3 rings (SSSR count). The normalized spacial score (nSPS) is 14.9. The fraction of sp³-hybridized carbons (Fsp3) is 0.158. The van der Waals surface area contributed by atoms with Crippen LogP contribution < -0.4 is 19.5 Å². The Bertz CT molecular complexity index is 926. The van der Waals surface area contributed by atoms with Crippen molar-refractivity contribution >= 4 is 63.5 Å². The monoisotopic (exact) mass is 455 g/mol. The molecule has 2 aromatic carbocycles. The molecule has 1 N–H and O–H groups in total. The molecule has 0 spiro atoms. The summed E-state index contributed by atoms with van der Waals surface area (Å²) in [7, 11) is 1.60. The van der Waals surface area contributed by atoms with E-state index in [2.05, 4.69) is 5.32 Å². The number of ether oxygens (including phenoxy) is 3. The van der Waals surface area contributed by atoms with Crippen LogP contribution in [0.2, 0.25) is 10.0 Å². The highest BCUT2D eigenvalue weighted by atomic mass is 35.5. The van der Waals surface area contributed by atoms with Gasteiger partial charge in [-0.3, -0.25) is 4.79 Å². The molecule has 0 bridgehead atoms. The van der Waals surface area contributed by atoms with E-state index in [1.807, 2.05) is 18.2 Å². The van der Waals surface area contributed by atoms with Gasteiger partial charge in [0.1, 0.15) is 29.0 Å². The Morgan fingerprint density at radius 2 is 1.79 bits per heavy atom. The summed E-state index contributed by atoms with van der Waals surface area (Å²) in [5, 5.41) is 3.24. The molecule has 146 valence electrons. The summed E-state index contributed by atoms with van der Waals surface area (Å²) in [5.41, 5.74) is 0.678. The van der Waals surface area contributed by atoms with Gasteiger partial charge >= 0.3 is 0 Å². The van der Waals surface area contributed by atoms with E-state index >= 15 is 0 Å². The van der Waals surface area contributed by atoms with E-state index < -0.39 is 0 Å². The number of carbonyl (C=O) groups is 1. The minimum absolute atomic E-state index is 0.239. The van der Waals surface area contributed by atoms with Crippen LogP contribution in [0.3, 0.4) is 0 Å². The molecule has 1 aliphatic rings. The number of methoxy groups -OCH3 is 1. The lowest BCUT2D eigenvalue weighted by Crippen LogP contribution is -2.17. The molecular weight excluding hydrogens is 441 g/mol. The number of hydrogen-bond acceptors (Lipinski definition) is 6. The zero-order valence-corrected chi connectivity index (χ0v) is 17.8. The Hall–Kier alpha value is -1.93. The lowest BCUT2D eigenvalue weighted by atomic mass is 10.2. The Kier molecular flexibility index (Phi) is 7.07. The topological polar surface area (TPSA) is 56.8 Å². The Labute approximate surface area is 181 Å². The predicted octanol–water partition coefficient (Wildman–Crippen LogP) is 4.95. The minimum Gasteiger partial charge on any atom is -0.497 e. The van der Waals surface area contributed by atoms with Gasteiger partial charge in [-0.15, -0.1) is 0 Å². The van der Waals surface area contributed by atoms with Gasteiger partial charge in [0.2, 0.25) is 0 Å². The lowest BCUT2D eigenvalue weighted by molar-refractivity contribution is -0.115. The third-order valence-electron chi connectivity index (χ3n) is 3.60. The molecule has 0 saturated carbocycles. The Balaban J connectivity index is 1.61. The fourth-order valence-electron chi connectivity index (χ4n) is 2.37. The first-order valence-corrected chi connectivity index (χ1v) is 10.1. The van der Waals surface area contributed by atoms with Crippen molar-refractivity contribution in [2.24, 2.45) is 0 Å². The van der Waals surface area contributed by atoms with Crippen molar-refractivity contribution in [3.05, 3.63) is 56.9 Å². The number of nitrogens with one attached hydrogen (secondary N) is 1. The van der Waals surface area contributed by atoms with Gasteiger partial charge in [0.15, 0.2) is 5.75 Å². The zero-order chi connectivity index (χ0) is 20.1. The summed E-state index contributed by atoms with van der Waals surface area (Å²) in [4.78, 5) is 12.2. The zero-order valence-electron chi connectivity index (χ0n) is 14.7. The molecule has 1 aliphatic heterocycles. The standard InChI is InChI=1S/C19H15Cl2NO4S2/c1-24-12-3-2-4-13(10-12)25-5-6-26-17-14(20)7-11(8-15(17)21)9-16-18(23)22-19(27)28-16/h2-4,7-10H,5-6H2,1H3,(H,22,23,27)/b16-9-.